The van der Waals surface area contributed by atoms with Crippen LogP contribution in [0.1, 0.15) is 19.0 Å². The largest absolute Gasteiger partial charge is 0.383 e. The topological polar surface area (TPSA) is 55.7 Å². The molecular formula is C16H29N3O3. The molecule has 0 unspecified atom stereocenters. The number of carbonyl (C=O) groups excluding carboxylic acids is 1. The summed E-state index contributed by atoms with van der Waals surface area (Å²) >= 11 is 0. The van der Waals surface area contributed by atoms with E-state index in [2.05, 4.69) is 5.32 Å². The number of ether oxygens (including phenoxy) is 2. The smallest absolute Gasteiger partial charge is 0.236 e. The van der Waals surface area contributed by atoms with Gasteiger partial charge in [-0.25, -0.2) is 0 Å². The highest BCUT2D eigenvalue weighted by molar-refractivity contribution is 5.78. The Hall–Kier alpha value is -1.37. The van der Waals surface area contributed by atoms with E-state index in [1.54, 1.807) is 7.11 Å². The molecule has 0 aromatic carbocycles. The van der Waals surface area contributed by atoms with Gasteiger partial charge in [0.25, 0.3) is 0 Å². The number of methoxy groups -OCH3 is 1. The summed E-state index contributed by atoms with van der Waals surface area (Å²) in [4.78, 5) is 14.2. The highest BCUT2D eigenvalue weighted by Crippen LogP contribution is 2.05. The number of nitrogens with zero attached hydrogens (tertiary/aromatic N) is 2. The van der Waals surface area contributed by atoms with Crippen LogP contribution < -0.4 is 5.32 Å². The molecule has 0 atom stereocenters. The van der Waals surface area contributed by atoms with E-state index in [4.69, 9.17) is 9.47 Å². The number of nitrogens with one attached hydrogen (secondary N) is 1. The molecule has 0 saturated carbocycles. The molecule has 0 aliphatic heterocycles. The number of amides is 1. The van der Waals surface area contributed by atoms with Crippen LogP contribution in [0.5, 0.6) is 0 Å². The van der Waals surface area contributed by atoms with Crippen molar-refractivity contribution in [1.82, 2.24) is 14.8 Å². The van der Waals surface area contributed by atoms with Gasteiger partial charge < -0.3 is 24.3 Å². The van der Waals surface area contributed by atoms with Crippen molar-refractivity contribution in [3.63, 3.8) is 0 Å². The maximum atomic E-state index is 12.3. The van der Waals surface area contributed by atoms with Crippen LogP contribution in [0.2, 0.25) is 0 Å². The van der Waals surface area contributed by atoms with Gasteiger partial charge in [0, 0.05) is 45.8 Å². The first-order valence-electron chi connectivity index (χ1n) is 7.84. The second-order valence-corrected chi connectivity index (χ2v) is 5.15. The summed E-state index contributed by atoms with van der Waals surface area (Å²) < 4.78 is 12.4. The standard InChI is InChI=1S/C16H29N3O3/c1-4-22-11-6-8-17-13-16(20)19(10-12-21-3)14-15-7-5-9-18(15)2/h5,7,9,17H,4,6,8,10-14H2,1-3H3. The second-order valence-electron chi connectivity index (χ2n) is 5.15. The number of aryl methyl sites for hydroxylation is 1. The van der Waals surface area contributed by atoms with Crippen LogP contribution in [0.4, 0.5) is 0 Å². The SMILES string of the molecule is CCOCCCNCC(=O)N(CCOC)Cc1cccn1C. The molecule has 1 aromatic heterocycles. The Bertz CT molecular complexity index is 421. The molecule has 1 rings (SSSR count). The minimum Gasteiger partial charge on any atom is -0.383 e. The van der Waals surface area contributed by atoms with Gasteiger partial charge in [0.15, 0.2) is 0 Å². The minimum atomic E-state index is 0.0923. The first kappa shape index (κ1) is 18.7. The van der Waals surface area contributed by atoms with Gasteiger partial charge in [0.2, 0.25) is 5.91 Å². The van der Waals surface area contributed by atoms with Crippen molar-refractivity contribution in [3.8, 4) is 0 Å². The molecule has 6 heteroatoms. The fourth-order valence-electron chi connectivity index (χ4n) is 2.10. The summed E-state index contributed by atoms with van der Waals surface area (Å²) in [5.74, 6) is 0.0923. The van der Waals surface area contributed by atoms with Crippen molar-refractivity contribution in [1.29, 1.82) is 0 Å². The quantitative estimate of drug-likeness (QED) is 0.586. The number of carbonyl (C=O) groups is 1. The van der Waals surface area contributed by atoms with Gasteiger partial charge in [0.05, 0.1) is 19.7 Å². The summed E-state index contributed by atoms with van der Waals surface area (Å²) in [5, 5.41) is 3.18. The summed E-state index contributed by atoms with van der Waals surface area (Å²) in [7, 11) is 3.64. The summed E-state index contributed by atoms with van der Waals surface area (Å²) in [6, 6.07) is 4.02. The number of rotatable bonds is 12. The summed E-state index contributed by atoms with van der Waals surface area (Å²) in [6.45, 7) is 6.32. The maximum Gasteiger partial charge on any atom is 0.236 e. The minimum absolute atomic E-state index is 0.0923. The van der Waals surface area contributed by atoms with Gasteiger partial charge in [-0.05, 0) is 32.0 Å². The van der Waals surface area contributed by atoms with Gasteiger partial charge in [-0.15, -0.1) is 0 Å². The molecule has 0 aliphatic carbocycles. The first-order valence-corrected chi connectivity index (χ1v) is 7.84. The van der Waals surface area contributed by atoms with E-state index in [9.17, 15) is 4.79 Å². The summed E-state index contributed by atoms with van der Waals surface area (Å²) in [6.07, 6.45) is 2.90. The third-order valence-corrected chi connectivity index (χ3v) is 3.44. The predicted molar refractivity (Wildman–Crippen MR) is 86.7 cm³/mol. The predicted octanol–water partition coefficient (Wildman–Crippen LogP) is 1.02. The molecule has 0 radical (unpaired) electrons. The van der Waals surface area contributed by atoms with Crippen LogP contribution >= 0.6 is 0 Å². The van der Waals surface area contributed by atoms with Gasteiger partial charge in [-0.2, -0.15) is 0 Å². The lowest BCUT2D eigenvalue weighted by atomic mass is 10.3. The van der Waals surface area contributed by atoms with Crippen LogP contribution in [-0.4, -0.2) is 61.9 Å². The molecule has 0 fully saturated rings. The van der Waals surface area contributed by atoms with E-state index < -0.39 is 0 Å². The molecule has 1 amide bonds. The first-order chi connectivity index (χ1) is 10.7. The zero-order valence-electron chi connectivity index (χ0n) is 14.0. The van der Waals surface area contributed by atoms with Crippen molar-refractivity contribution in [2.24, 2.45) is 7.05 Å². The molecule has 1 aromatic rings. The lowest BCUT2D eigenvalue weighted by Gasteiger charge is -2.23. The average molecular weight is 311 g/mol. The van der Waals surface area contributed by atoms with Crippen molar-refractivity contribution in [2.75, 3.05) is 46.6 Å². The fourth-order valence-corrected chi connectivity index (χ4v) is 2.10. The number of hydrogen-bond donors (Lipinski definition) is 1. The van der Waals surface area contributed by atoms with E-state index in [1.807, 2.05) is 41.8 Å². The zero-order valence-corrected chi connectivity index (χ0v) is 14.0. The Labute approximate surface area is 133 Å². The lowest BCUT2D eigenvalue weighted by molar-refractivity contribution is -0.131. The molecule has 0 saturated heterocycles. The van der Waals surface area contributed by atoms with Gasteiger partial charge >= 0.3 is 0 Å². The Balaban J connectivity index is 2.38. The highest BCUT2D eigenvalue weighted by atomic mass is 16.5. The van der Waals surface area contributed by atoms with Gasteiger partial charge in [-0.3, -0.25) is 4.79 Å². The van der Waals surface area contributed by atoms with Gasteiger partial charge in [-0.1, -0.05) is 0 Å². The van der Waals surface area contributed by atoms with E-state index in [-0.39, 0.29) is 5.91 Å². The molecule has 126 valence electrons. The van der Waals surface area contributed by atoms with Crippen molar-refractivity contribution in [2.45, 2.75) is 19.9 Å². The fraction of sp³-hybridized carbons (Fsp3) is 0.688. The van der Waals surface area contributed by atoms with E-state index in [0.29, 0.717) is 26.2 Å². The van der Waals surface area contributed by atoms with Crippen LogP contribution in [0, 0.1) is 0 Å². The zero-order chi connectivity index (χ0) is 16.2. The third kappa shape index (κ3) is 7.06. The third-order valence-electron chi connectivity index (χ3n) is 3.44. The Morgan fingerprint density at radius 3 is 2.86 bits per heavy atom. The van der Waals surface area contributed by atoms with Gasteiger partial charge in [0.1, 0.15) is 0 Å². The Kier molecular flexibility index (Phi) is 9.54. The van der Waals surface area contributed by atoms with Crippen LogP contribution in [-0.2, 0) is 27.9 Å². The normalized spacial score (nSPS) is 10.9. The molecule has 6 nitrogen and oxygen atoms in total. The molecule has 1 heterocycles. The molecule has 0 bridgehead atoms. The Morgan fingerprint density at radius 2 is 2.23 bits per heavy atom. The molecule has 1 N–H and O–H groups in total. The van der Waals surface area contributed by atoms with Crippen LogP contribution in [0.15, 0.2) is 18.3 Å². The molecule has 0 aliphatic rings. The van der Waals surface area contributed by atoms with Crippen LogP contribution in [0.25, 0.3) is 0 Å². The Morgan fingerprint density at radius 1 is 1.41 bits per heavy atom. The van der Waals surface area contributed by atoms with Crippen molar-refractivity contribution in [3.05, 3.63) is 24.0 Å². The summed E-state index contributed by atoms with van der Waals surface area (Å²) in [5.41, 5.74) is 1.11. The average Bonchev–Trinajstić information content (AvgIpc) is 2.92. The number of hydrogen-bond acceptors (Lipinski definition) is 4. The van der Waals surface area contributed by atoms with Crippen molar-refractivity contribution < 1.29 is 14.3 Å². The second kappa shape index (κ2) is 11.2. The maximum absolute atomic E-state index is 12.3. The van der Waals surface area contributed by atoms with E-state index in [0.717, 1.165) is 31.9 Å². The monoisotopic (exact) mass is 311 g/mol. The van der Waals surface area contributed by atoms with E-state index >= 15 is 0 Å². The van der Waals surface area contributed by atoms with Crippen LogP contribution in [0.3, 0.4) is 0 Å². The lowest BCUT2D eigenvalue weighted by Crippen LogP contribution is -2.40. The van der Waals surface area contributed by atoms with E-state index in [1.165, 1.54) is 0 Å². The van der Waals surface area contributed by atoms with Crippen molar-refractivity contribution >= 4 is 5.91 Å². The molecule has 22 heavy (non-hydrogen) atoms. The molecular weight excluding hydrogens is 282 g/mol. The highest BCUT2D eigenvalue weighted by Gasteiger charge is 2.14. The molecule has 0 spiro atoms. The number of aromatic nitrogens is 1.